The van der Waals surface area contributed by atoms with Gasteiger partial charge in [0.1, 0.15) is 0 Å². The minimum absolute atomic E-state index is 0.00432. The van der Waals surface area contributed by atoms with E-state index in [0.29, 0.717) is 6.04 Å². The first kappa shape index (κ1) is 13.9. The van der Waals surface area contributed by atoms with Gasteiger partial charge in [-0.3, -0.25) is 4.79 Å². The smallest absolute Gasteiger partial charge is 0.266 e. The highest BCUT2D eigenvalue weighted by atomic mass is 16.1. The molecule has 0 saturated carbocycles. The Hall–Kier alpha value is -1.16. The number of rotatable bonds is 7. The third-order valence-electron chi connectivity index (χ3n) is 2.81. The predicted molar refractivity (Wildman–Crippen MR) is 70.2 cm³/mol. The van der Waals surface area contributed by atoms with Crippen LogP contribution in [0.5, 0.6) is 0 Å². The van der Waals surface area contributed by atoms with Gasteiger partial charge in [0.2, 0.25) is 0 Å². The molecule has 0 amide bonds. The van der Waals surface area contributed by atoms with Crippen molar-refractivity contribution in [1.29, 1.82) is 0 Å². The van der Waals surface area contributed by atoms with Crippen LogP contribution in [-0.2, 0) is 6.54 Å². The van der Waals surface area contributed by atoms with Crippen LogP contribution in [0, 0.1) is 6.92 Å². The van der Waals surface area contributed by atoms with Gasteiger partial charge in [0, 0.05) is 18.7 Å². The molecule has 0 aliphatic rings. The molecule has 0 spiro atoms. The number of aryl methyl sites for hydroxylation is 2. The highest BCUT2D eigenvalue weighted by Gasteiger charge is 2.01. The zero-order chi connectivity index (χ0) is 12.7. The molecule has 0 aliphatic heterocycles. The summed E-state index contributed by atoms with van der Waals surface area (Å²) in [5, 5.41) is 7.59. The molecule has 1 aromatic heterocycles. The van der Waals surface area contributed by atoms with E-state index in [-0.39, 0.29) is 5.56 Å². The molecule has 1 heterocycles. The van der Waals surface area contributed by atoms with E-state index >= 15 is 0 Å². The Kier molecular flexibility index (Phi) is 5.91. The largest absolute Gasteiger partial charge is 0.315 e. The lowest BCUT2D eigenvalue weighted by Gasteiger charge is -2.11. The van der Waals surface area contributed by atoms with Crippen molar-refractivity contribution in [3.8, 4) is 0 Å². The molecule has 0 saturated heterocycles. The molecule has 17 heavy (non-hydrogen) atoms. The molecule has 96 valence electrons. The Morgan fingerprint density at radius 2 is 2.18 bits per heavy atom. The molecule has 0 fully saturated rings. The molecule has 0 aromatic carbocycles. The van der Waals surface area contributed by atoms with Crippen molar-refractivity contribution in [2.45, 2.75) is 52.6 Å². The van der Waals surface area contributed by atoms with Gasteiger partial charge in [0.05, 0.1) is 5.69 Å². The number of nitrogens with one attached hydrogen (secondary N) is 1. The van der Waals surface area contributed by atoms with Crippen LogP contribution in [0.1, 0.15) is 38.8 Å². The molecule has 1 unspecified atom stereocenters. The lowest BCUT2D eigenvalue weighted by Crippen LogP contribution is -2.26. The van der Waals surface area contributed by atoms with Crippen LogP contribution in [0.4, 0.5) is 0 Å². The van der Waals surface area contributed by atoms with Gasteiger partial charge in [-0.25, -0.2) is 4.68 Å². The summed E-state index contributed by atoms with van der Waals surface area (Å²) in [5.41, 5.74) is 0.890. The van der Waals surface area contributed by atoms with E-state index < -0.39 is 0 Å². The number of unbranched alkanes of at least 4 members (excludes halogenated alkanes) is 1. The third kappa shape index (κ3) is 5.13. The standard InChI is InChI=1S/C13H23N3O/c1-4-14-11(2)7-5-6-10-16-13(17)9-8-12(3)15-16/h8-9,11,14H,4-7,10H2,1-3H3. The van der Waals surface area contributed by atoms with Gasteiger partial charge in [0.25, 0.3) is 5.56 Å². The molecular weight excluding hydrogens is 214 g/mol. The van der Waals surface area contributed by atoms with Crippen LogP contribution in [-0.4, -0.2) is 22.4 Å². The summed E-state index contributed by atoms with van der Waals surface area (Å²) in [5.74, 6) is 0. The molecule has 0 aliphatic carbocycles. The molecule has 1 aromatic rings. The Labute approximate surface area is 103 Å². The zero-order valence-corrected chi connectivity index (χ0v) is 11.1. The monoisotopic (exact) mass is 237 g/mol. The maximum Gasteiger partial charge on any atom is 0.266 e. The van der Waals surface area contributed by atoms with Crippen LogP contribution >= 0.6 is 0 Å². The Balaban J connectivity index is 2.31. The van der Waals surface area contributed by atoms with Gasteiger partial charge in [-0.1, -0.05) is 13.3 Å². The maximum atomic E-state index is 11.5. The fraction of sp³-hybridized carbons (Fsp3) is 0.692. The lowest BCUT2D eigenvalue weighted by molar-refractivity contribution is 0.465. The summed E-state index contributed by atoms with van der Waals surface area (Å²) in [7, 11) is 0. The van der Waals surface area contributed by atoms with E-state index in [2.05, 4.69) is 24.3 Å². The Morgan fingerprint density at radius 3 is 2.88 bits per heavy atom. The highest BCUT2D eigenvalue weighted by molar-refractivity contribution is 4.96. The van der Waals surface area contributed by atoms with E-state index in [9.17, 15) is 4.79 Å². The topological polar surface area (TPSA) is 46.9 Å². The SMILES string of the molecule is CCNC(C)CCCCn1nc(C)ccc1=O. The van der Waals surface area contributed by atoms with Crippen molar-refractivity contribution in [1.82, 2.24) is 15.1 Å². The lowest BCUT2D eigenvalue weighted by atomic mass is 10.1. The second-order valence-electron chi connectivity index (χ2n) is 4.49. The fourth-order valence-electron chi connectivity index (χ4n) is 1.87. The van der Waals surface area contributed by atoms with E-state index in [1.54, 1.807) is 16.8 Å². The van der Waals surface area contributed by atoms with Crippen molar-refractivity contribution in [2.75, 3.05) is 6.54 Å². The summed E-state index contributed by atoms with van der Waals surface area (Å²) in [4.78, 5) is 11.5. The fourth-order valence-corrected chi connectivity index (χ4v) is 1.87. The molecule has 4 heteroatoms. The zero-order valence-electron chi connectivity index (χ0n) is 11.1. The molecule has 1 rings (SSSR count). The first-order chi connectivity index (χ1) is 8.13. The highest BCUT2D eigenvalue weighted by Crippen LogP contribution is 2.01. The number of aromatic nitrogens is 2. The maximum absolute atomic E-state index is 11.5. The summed E-state index contributed by atoms with van der Waals surface area (Å²) < 4.78 is 1.56. The van der Waals surface area contributed by atoms with Crippen LogP contribution in [0.25, 0.3) is 0 Å². The summed E-state index contributed by atoms with van der Waals surface area (Å²) in [6.07, 6.45) is 3.27. The van der Waals surface area contributed by atoms with Crippen LogP contribution in [0.15, 0.2) is 16.9 Å². The minimum Gasteiger partial charge on any atom is -0.315 e. The second-order valence-corrected chi connectivity index (χ2v) is 4.49. The Bertz CT molecular complexity index is 386. The van der Waals surface area contributed by atoms with Gasteiger partial charge in [0.15, 0.2) is 0 Å². The number of hydrogen-bond donors (Lipinski definition) is 1. The summed E-state index contributed by atoms with van der Waals surface area (Å²) in [6.45, 7) is 7.95. The second kappa shape index (κ2) is 7.22. The van der Waals surface area contributed by atoms with Crippen molar-refractivity contribution < 1.29 is 0 Å². The van der Waals surface area contributed by atoms with E-state index in [0.717, 1.165) is 38.0 Å². The van der Waals surface area contributed by atoms with Crippen molar-refractivity contribution in [2.24, 2.45) is 0 Å². The third-order valence-corrected chi connectivity index (χ3v) is 2.81. The van der Waals surface area contributed by atoms with Gasteiger partial charge in [-0.05, 0) is 39.3 Å². The van der Waals surface area contributed by atoms with Crippen molar-refractivity contribution in [3.63, 3.8) is 0 Å². The summed E-state index contributed by atoms with van der Waals surface area (Å²) in [6, 6.07) is 3.90. The number of nitrogens with zero attached hydrogens (tertiary/aromatic N) is 2. The molecular formula is C13H23N3O. The minimum atomic E-state index is -0.00432. The normalized spacial score (nSPS) is 12.6. The summed E-state index contributed by atoms with van der Waals surface area (Å²) >= 11 is 0. The Morgan fingerprint density at radius 1 is 1.41 bits per heavy atom. The van der Waals surface area contributed by atoms with Gasteiger partial charge >= 0.3 is 0 Å². The quantitative estimate of drug-likeness (QED) is 0.735. The van der Waals surface area contributed by atoms with Gasteiger partial charge < -0.3 is 5.32 Å². The van der Waals surface area contributed by atoms with Crippen molar-refractivity contribution >= 4 is 0 Å². The first-order valence-electron chi connectivity index (χ1n) is 6.41. The van der Waals surface area contributed by atoms with Gasteiger partial charge in [-0.15, -0.1) is 0 Å². The molecule has 0 bridgehead atoms. The van der Waals surface area contributed by atoms with E-state index in [4.69, 9.17) is 0 Å². The average Bonchev–Trinajstić information content (AvgIpc) is 2.29. The van der Waals surface area contributed by atoms with Gasteiger partial charge in [-0.2, -0.15) is 5.10 Å². The predicted octanol–water partition coefficient (Wildman–Crippen LogP) is 1.72. The first-order valence-corrected chi connectivity index (χ1v) is 6.41. The number of hydrogen-bond acceptors (Lipinski definition) is 3. The van der Waals surface area contributed by atoms with Crippen LogP contribution in [0.3, 0.4) is 0 Å². The molecule has 0 radical (unpaired) electrons. The van der Waals surface area contributed by atoms with E-state index in [1.165, 1.54) is 0 Å². The van der Waals surface area contributed by atoms with Crippen LogP contribution < -0.4 is 10.9 Å². The van der Waals surface area contributed by atoms with Crippen molar-refractivity contribution in [3.05, 3.63) is 28.2 Å². The molecule has 1 N–H and O–H groups in total. The van der Waals surface area contributed by atoms with Crippen LogP contribution in [0.2, 0.25) is 0 Å². The molecule has 4 nitrogen and oxygen atoms in total. The molecule has 1 atom stereocenters. The average molecular weight is 237 g/mol. The van der Waals surface area contributed by atoms with E-state index in [1.807, 2.05) is 6.92 Å².